The second-order valence-corrected chi connectivity index (χ2v) is 9.33. The molecule has 30 heavy (non-hydrogen) atoms. The summed E-state index contributed by atoms with van der Waals surface area (Å²) in [7, 11) is -3.67. The van der Waals surface area contributed by atoms with E-state index in [2.05, 4.69) is 5.32 Å². The summed E-state index contributed by atoms with van der Waals surface area (Å²) < 4.78 is 31.1. The predicted octanol–water partition coefficient (Wildman–Crippen LogP) is 2.85. The summed E-state index contributed by atoms with van der Waals surface area (Å²) >= 11 is 0. The van der Waals surface area contributed by atoms with Crippen LogP contribution in [0.4, 0.5) is 0 Å². The highest BCUT2D eigenvalue weighted by molar-refractivity contribution is 7.85. The average molecular weight is 440 g/mol. The van der Waals surface area contributed by atoms with Gasteiger partial charge in [0.15, 0.2) is 11.5 Å². The molecule has 166 valence electrons. The van der Waals surface area contributed by atoms with Gasteiger partial charge in [-0.3, -0.25) is 4.55 Å². The minimum atomic E-state index is -3.67. The van der Waals surface area contributed by atoms with Crippen molar-refractivity contribution >= 4 is 16.1 Å². The number of aliphatic hydroxyl groups excluding tert-OH is 1. The van der Waals surface area contributed by atoms with Gasteiger partial charge in [-0.2, -0.15) is 8.42 Å². The molecule has 1 atom stereocenters. The van der Waals surface area contributed by atoms with Crippen molar-refractivity contribution < 1.29 is 32.7 Å². The number of rotatable bonds is 5. The first kappa shape index (κ1) is 25.6. The van der Waals surface area contributed by atoms with Crippen molar-refractivity contribution in [1.82, 2.24) is 5.32 Å². The zero-order valence-electron chi connectivity index (χ0n) is 17.7. The molecule has 2 aromatic carbocycles. The van der Waals surface area contributed by atoms with Crippen LogP contribution >= 0.6 is 0 Å². The van der Waals surface area contributed by atoms with Gasteiger partial charge in [-0.05, 0) is 57.5 Å². The van der Waals surface area contributed by atoms with Gasteiger partial charge in [-0.1, -0.05) is 23.8 Å². The third-order valence-corrected chi connectivity index (χ3v) is 3.68. The topological polar surface area (TPSA) is 133 Å². The maximum atomic E-state index is 12.1. The SMILES string of the molecule is CS(=O)(=O)O.Cc1ccc(C(=O)Oc2ccc([C@@H](O)CNC(C)(C)C)cc2O)cc1. The summed E-state index contributed by atoms with van der Waals surface area (Å²) in [5.74, 6) is -0.670. The molecule has 2 aromatic rings. The van der Waals surface area contributed by atoms with Crippen LogP contribution in [-0.2, 0) is 10.1 Å². The number of β-amino-alcohol motifs (C(OH)–C–C–N with tert-alkyl or cyclic N) is 1. The number of carbonyl (C=O) groups is 1. The molecule has 0 aliphatic heterocycles. The van der Waals surface area contributed by atoms with Crippen LogP contribution in [0.3, 0.4) is 0 Å². The highest BCUT2D eigenvalue weighted by Crippen LogP contribution is 2.30. The maximum Gasteiger partial charge on any atom is 0.343 e. The number of aryl methyl sites for hydroxylation is 1. The number of hydrogen-bond acceptors (Lipinski definition) is 7. The van der Waals surface area contributed by atoms with Crippen molar-refractivity contribution in [3.63, 3.8) is 0 Å². The molecule has 4 N–H and O–H groups in total. The second-order valence-electron chi connectivity index (χ2n) is 7.86. The Balaban J connectivity index is 0.000000804. The Morgan fingerprint density at radius 3 is 2.13 bits per heavy atom. The Kier molecular flexibility index (Phi) is 8.98. The van der Waals surface area contributed by atoms with E-state index in [-0.39, 0.29) is 17.0 Å². The fourth-order valence-electron chi connectivity index (χ4n) is 2.20. The lowest BCUT2D eigenvalue weighted by molar-refractivity contribution is 0.0729. The molecule has 0 radical (unpaired) electrons. The molecule has 0 unspecified atom stereocenters. The van der Waals surface area contributed by atoms with Gasteiger partial charge in [0.25, 0.3) is 10.1 Å². The van der Waals surface area contributed by atoms with Crippen LogP contribution in [-0.4, -0.2) is 47.5 Å². The molecule has 0 amide bonds. The van der Waals surface area contributed by atoms with E-state index in [1.807, 2.05) is 39.8 Å². The van der Waals surface area contributed by atoms with Crippen molar-refractivity contribution in [2.24, 2.45) is 0 Å². The van der Waals surface area contributed by atoms with Crippen LogP contribution in [0.25, 0.3) is 0 Å². The largest absolute Gasteiger partial charge is 0.504 e. The van der Waals surface area contributed by atoms with Gasteiger partial charge in [-0.15, -0.1) is 0 Å². The van der Waals surface area contributed by atoms with Gasteiger partial charge < -0.3 is 20.3 Å². The molecule has 0 saturated carbocycles. The number of benzene rings is 2. The number of aromatic hydroxyl groups is 1. The van der Waals surface area contributed by atoms with Gasteiger partial charge in [-0.25, -0.2) is 4.79 Å². The van der Waals surface area contributed by atoms with Crippen LogP contribution in [0.5, 0.6) is 11.5 Å². The number of phenols is 1. The number of phenolic OH excluding ortho intramolecular Hbond substituents is 1. The fraction of sp³-hybridized carbons (Fsp3) is 0.381. The van der Waals surface area contributed by atoms with Crippen LogP contribution in [0.2, 0.25) is 0 Å². The van der Waals surface area contributed by atoms with Gasteiger partial charge in [0, 0.05) is 12.1 Å². The molecule has 0 saturated heterocycles. The van der Waals surface area contributed by atoms with E-state index in [4.69, 9.17) is 9.29 Å². The molecule has 2 rings (SSSR count). The Morgan fingerprint density at radius 2 is 1.67 bits per heavy atom. The normalized spacial score (nSPS) is 12.5. The number of carbonyl (C=O) groups excluding carboxylic acids is 1. The Bertz CT molecular complexity index is 940. The van der Waals surface area contributed by atoms with E-state index in [0.717, 1.165) is 5.56 Å². The quantitative estimate of drug-likeness (QED) is 0.318. The zero-order chi connectivity index (χ0) is 23.1. The minimum absolute atomic E-state index is 0.0605. The van der Waals surface area contributed by atoms with Gasteiger partial charge in [0.1, 0.15) is 0 Å². The Labute approximate surface area is 177 Å². The van der Waals surface area contributed by atoms with Crippen molar-refractivity contribution in [2.75, 3.05) is 12.8 Å². The highest BCUT2D eigenvalue weighted by Gasteiger charge is 2.16. The summed E-state index contributed by atoms with van der Waals surface area (Å²) in [5, 5.41) is 23.5. The van der Waals surface area contributed by atoms with E-state index in [9.17, 15) is 23.4 Å². The van der Waals surface area contributed by atoms with Crippen molar-refractivity contribution in [1.29, 1.82) is 0 Å². The van der Waals surface area contributed by atoms with E-state index in [1.54, 1.807) is 18.2 Å². The highest BCUT2D eigenvalue weighted by atomic mass is 32.2. The maximum absolute atomic E-state index is 12.1. The Hall–Kier alpha value is -2.46. The molecule has 8 nitrogen and oxygen atoms in total. The van der Waals surface area contributed by atoms with Crippen molar-refractivity contribution in [3.8, 4) is 11.5 Å². The second kappa shape index (κ2) is 10.5. The lowest BCUT2D eigenvalue weighted by atomic mass is 10.1. The summed E-state index contributed by atoms with van der Waals surface area (Å²) in [4.78, 5) is 12.1. The predicted molar refractivity (Wildman–Crippen MR) is 114 cm³/mol. The number of ether oxygens (including phenoxy) is 1. The van der Waals surface area contributed by atoms with Gasteiger partial charge >= 0.3 is 5.97 Å². The number of aliphatic hydroxyl groups is 1. The summed E-state index contributed by atoms with van der Waals surface area (Å²) in [6.07, 6.45) is -0.0560. The third-order valence-electron chi connectivity index (χ3n) is 3.68. The average Bonchev–Trinajstić information content (AvgIpc) is 2.60. The summed E-state index contributed by atoms with van der Waals surface area (Å²) in [6.45, 7) is 8.30. The van der Waals surface area contributed by atoms with Crippen LogP contribution < -0.4 is 10.1 Å². The molecular formula is C21H29NO7S. The van der Waals surface area contributed by atoms with Gasteiger partial charge in [0.2, 0.25) is 0 Å². The van der Waals surface area contributed by atoms with Crippen molar-refractivity contribution in [3.05, 3.63) is 59.2 Å². The third kappa shape index (κ3) is 10.4. The molecule has 0 aliphatic rings. The standard InChI is InChI=1S/C20H25NO4.CH4O3S/c1-13-5-7-14(8-6-13)19(24)25-18-10-9-15(11-16(18)22)17(23)12-21-20(2,3)4;1-5(2,3)4/h5-11,17,21-23H,12H2,1-4H3;1H3,(H,2,3,4)/t17-;/m0./s1. The number of nitrogens with one attached hydrogen (secondary N) is 1. The van der Waals surface area contributed by atoms with E-state index < -0.39 is 22.2 Å². The van der Waals surface area contributed by atoms with Crippen LogP contribution in [0.1, 0.15) is 48.4 Å². The lowest BCUT2D eigenvalue weighted by Crippen LogP contribution is -2.38. The van der Waals surface area contributed by atoms with Crippen LogP contribution in [0.15, 0.2) is 42.5 Å². The smallest absolute Gasteiger partial charge is 0.343 e. The van der Waals surface area contributed by atoms with Crippen LogP contribution in [0, 0.1) is 6.92 Å². The van der Waals surface area contributed by atoms with E-state index in [0.29, 0.717) is 23.9 Å². The number of esters is 1. The zero-order valence-corrected chi connectivity index (χ0v) is 18.5. The molecular weight excluding hydrogens is 410 g/mol. The number of hydrogen-bond donors (Lipinski definition) is 4. The van der Waals surface area contributed by atoms with Gasteiger partial charge in [0.05, 0.1) is 17.9 Å². The lowest BCUT2D eigenvalue weighted by Gasteiger charge is -2.23. The first-order valence-corrected chi connectivity index (χ1v) is 11.0. The molecule has 0 fully saturated rings. The van der Waals surface area contributed by atoms with Crippen molar-refractivity contribution in [2.45, 2.75) is 39.3 Å². The first-order chi connectivity index (χ1) is 13.7. The first-order valence-electron chi connectivity index (χ1n) is 9.13. The minimum Gasteiger partial charge on any atom is -0.504 e. The Morgan fingerprint density at radius 1 is 1.13 bits per heavy atom. The molecule has 0 spiro atoms. The van der Waals surface area contributed by atoms with E-state index >= 15 is 0 Å². The fourth-order valence-corrected chi connectivity index (χ4v) is 2.20. The summed E-state index contributed by atoms with van der Waals surface area (Å²) in [5.41, 5.74) is 1.88. The molecule has 0 aliphatic carbocycles. The molecule has 9 heteroatoms. The monoisotopic (exact) mass is 439 g/mol. The van der Waals surface area contributed by atoms with E-state index in [1.165, 1.54) is 12.1 Å². The summed E-state index contributed by atoms with van der Waals surface area (Å²) in [6, 6.07) is 11.5. The molecule has 0 bridgehead atoms. The molecule has 0 heterocycles. The molecule has 0 aromatic heterocycles.